The highest BCUT2D eigenvalue weighted by atomic mass is 16.3. The Labute approximate surface area is 124 Å². The monoisotopic (exact) mass is 280 g/mol. The van der Waals surface area contributed by atoms with Crippen molar-refractivity contribution in [2.24, 2.45) is 17.3 Å². The van der Waals surface area contributed by atoms with Crippen molar-refractivity contribution in [2.75, 3.05) is 0 Å². The average molecular weight is 280 g/mol. The van der Waals surface area contributed by atoms with Gasteiger partial charge in [0, 0.05) is 0 Å². The summed E-state index contributed by atoms with van der Waals surface area (Å²) in [5.41, 5.74) is 1.06. The van der Waals surface area contributed by atoms with Crippen molar-refractivity contribution in [3.8, 4) is 0 Å². The van der Waals surface area contributed by atoms with Gasteiger partial charge in [-0.1, -0.05) is 25.5 Å². The van der Waals surface area contributed by atoms with Gasteiger partial charge in [0.2, 0.25) is 0 Å². The fourth-order valence-electron chi connectivity index (χ4n) is 4.74. The SMILES string of the molecule is C=C(CCCC(C)(C)O)C1CC[C@H]2C(O)CCCC12C. The van der Waals surface area contributed by atoms with Gasteiger partial charge in [0.25, 0.3) is 0 Å². The maximum Gasteiger partial charge on any atom is 0.0591 e. The van der Waals surface area contributed by atoms with Crippen molar-refractivity contribution in [1.82, 2.24) is 0 Å². The topological polar surface area (TPSA) is 40.5 Å². The Bertz CT molecular complexity index is 355. The molecule has 2 aliphatic carbocycles. The summed E-state index contributed by atoms with van der Waals surface area (Å²) in [7, 11) is 0. The zero-order chi connectivity index (χ0) is 15.0. The third-order valence-electron chi connectivity index (χ3n) is 5.87. The first-order valence-electron chi connectivity index (χ1n) is 8.32. The molecule has 3 unspecified atom stereocenters. The molecule has 2 saturated carbocycles. The number of aliphatic hydroxyl groups excluding tert-OH is 1. The molecule has 2 rings (SSSR count). The summed E-state index contributed by atoms with van der Waals surface area (Å²) in [6.45, 7) is 10.5. The first kappa shape index (κ1) is 16.0. The molecule has 20 heavy (non-hydrogen) atoms. The summed E-state index contributed by atoms with van der Waals surface area (Å²) in [6, 6.07) is 0. The largest absolute Gasteiger partial charge is 0.393 e. The van der Waals surface area contributed by atoms with E-state index in [1.54, 1.807) is 0 Å². The molecule has 0 aromatic rings. The van der Waals surface area contributed by atoms with Crippen molar-refractivity contribution in [2.45, 2.75) is 83.8 Å². The quantitative estimate of drug-likeness (QED) is 0.746. The molecule has 0 heterocycles. The summed E-state index contributed by atoms with van der Waals surface area (Å²) in [5, 5.41) is 20.1. The maximum absolute atomic E-state index is 10.3. The van der Waals surface area contributed by atoms with Crippen LogP contribution in [0.1, 0.15) is 72.1 Å². The minimum absolute atomic E-state index is 0.0945. The van der Waals surface area contributed by atoms with E-state index in [-0.39, 0.29) is 11.5 Å². The first-order chi connectivity index (χ1) is 9.24. The molecule has 0 aromatic carbocycles. The van der Waals surface area contributed by atoms with Gasteiger partial charge in [-0.3, -0.25) is 0 Å². The molecule has 2 fully saturated rings. The van der Waals surface area contributed by atoms with Crippen LogP contribution in [0.3, 0.4) is 0 Å². The number of hydrogen-bond donors (Lipinski definition) is 2. The van der Waals surface area contributed by atoms with Gasteiger partial charge in [-0.15, -0.1) is 0 Å². The Balaban J connectivity index is 1.94. The molecule has 2 aliphatic rings. The maximum atomic E-state index is 10.3. The van der Waals surface area contributed by atoms with Crippen molar-refractivity contribution in [3.63, 3.8) is 0 Å². The van der Waals surface area contributed by atoms with E-state index in [4.69, 9.17) is 0 Å². The number of allylic oxidation sites excluding steroid dienone is 1. The molecule has 2 heteroatoms. The van der Waals surface area contributed by atoms with Gasteiger partial charge in [-0.2, -0.15) is 0 Å². The van der Waals surface area contributed by atoms with Gasteiger partial charge >= 0.3 is 0 Å². The molecule has 4 atom stereocenters. The van der Waals surface area contributed by atoms with Crippen LogP contribution in [0.2, 0.25) is 0 Å². The molecule has 0 bridgehead atoms. The van der Waals surface area contributed by atoms with Crippen molar-refractivity contribution >= 4 is 0 Å². The van der Waals surface area contributed by atoms with Gasteiger partial charge in [0.15, 0.2) is 0 Å². The second kappa shape index (κ2) is 5.81. The Morgan fingerprint density at radius 1 is 1.30 bits per heavy atom. The predicted octanol–water partition coefficient (Wildman–Crippen LogP) is 4.06. The minimum atomic E-state index is -0.566. The van der Waals surface area contributed by atoms with Crippen LogP contribution in [0.4, 0.5) is 0 Å². The lowest BCUT2D eigenvalue weighted by atomic mass is 9.62. The van der Waals surface area contributed by atoms with E-state index in [0.29, 0.717) is 11.8 Å². The minimum Gasteiger partial charge on any atom is -0.393 e. The van der Waals surface area contributed by atoms with E-state index in [1.807, 2.05) is 13.8 Å². The van der Waals surface area contributed by atoms with Crippen LogP contribution in [0.15, 0.2) is 12.2 Å². The molecule has 0 radical (unpaired) electrons. The number of aliphatic hydroxyl groups is 2. The Morgan fingerprint density at radius 2 is 2.00 bits per heavy atom. The Kier molecular flexibility index (Phi) is 4.66. The van der Waals surface area contributed by atoms with E-state index in [1.165, 1.54) is 18.4 Å². The summed E-state index contributed by atoms with van der Waals surface area (Å²) in [6.07, 6.45) is 8.51. The Morgan fingerprint density at radius 3 is 2.65 bits per heavy atom. The van der Waals surface area contributed by atoms with E-state index < -0.39 is 5.60 Å². The molecule has 116 valence electrons. The zero-order valence-corrected chi connectivity index (χ0v) is 13.5. The first-order valence-corrected chi connectivity index (χ1v) is 8.32. The fraction of sp³-hybridized carbons (Fsp3) is 0.889. The summed E-state index contributed by atoms with van der Waals surface area (Å²) in [5.74, 6) is 1.05. The molecule has 0 aromatic heterocycles. The summed E-state index contributed by atoms with van der Waals surface area (Å²) < 4.78 is 0. The highest BCUT2D eigenvalue weighted by Crippen LogP contribution is 2.57. The standard InChI is InChI=1S/C18H32O2/c1-13(7-5-11-17(2,3)20)14-9-10-15-16(19)8-6-12-18(14,15)4/h14-16,19-20H,1,5-12H2,2-4H3/t14?,15-,16?,18?/m0/s1. The number of hydrogen-bond acceptors (Lipinski definition) is 2. The van der Waals surface area contributed by atoms with Gasteiger partial charge in [-0.05, 0) is 76.0 Å². The summed E-state index contributed by atoms with van der Waals surface area (Å²) in [4.78, 5) is 0. The number of fused-ring (bicyclic) bond motifs is 1. The molecular weight excluding hydrogens is 248 g/mol. The molecule has 0 amide bonds. The highest BCUT2D eigenvalue weighted by molar-refractivity contribution is 5.13. The van der Waals surface area contributed by atoms with Gasteiger partial charge in [0.1, 0.15) is 0 Å². The molecule has 2 nitrogen and oxygen atoms in total. The second-order valence-corrected chi connectivity index (χ2v) is 8.03. The summed E-state index contributed by atoms with van der Waals surface area (Å²) >= 11 is 0. The lowest BCUT2D eigenvalue weighted by molar-refractivity contribution is -0.0114. The Hall–Kier alpha value is -0.340. The third kappa shape index (κ3) is 3.28. The van der Waals surface area contributed by atoms with Crippen LogP contribution in [-0.4, -0.2) is 21.9 Å². The normalized spacial score (nSPS) is 37.8. The average Bonchev–Trinajstić information content (AvgIpc) is 2.66. The smallest absolute Gasteiger partial charge is 0.0591 e. The molecular formula is C18H32O2. The third-order valence-corrected chi connectivity index (χ3v) is 5.87. The van der Waals surface area contributed by atoms with Crippen molar-refractivity contribution in [1.29, 1.82) is 0 Å². The molecule has 0 saturated heterocycles. The van der Waals surface area contributed by atoms with E-state index in [9.17, 15) is 10.2 Å². The van der Waals surface area contributed by atoms with Crippen LogP contribution in [0, 0.1) is 17.3 Å². The molecule has 0 aliphatic heterocycles. The van der Waals surface area contributed by atoms with E-state index >= 15 is 0 Å². The fourth-order valence-corrected chi connectivity index (χ4v) is 4.74. The number of rotatable bonds is 5. The van der Waals surface area contributed by atoms with E-state index in [2.05, 4.69) is 13.5 Å². The van der Waals surface area contributed by atoms with Gasteiger partial charge in [-0.25, -0.2) is 0 Å². The van der Waals surface area contributed by atoms with E-state index in [0.717, 1.165) is 38.5 Å². The molecule has 2 N–H and O–H groups in total. The second-order valence-electron chi connectivity index (χ2n) is 8.03. The van der Waals surface area contributed by atoms with Crippen LogP contribution in [0.25, 0.3) is 0 Å². The zero-order valence-electron chi connectivity index (χ0n) is 13.5. The van der Waals surface area contributed by atoms with Gasteiger partial charge < -0.3 is 10.2 Å². The van der Waals surface area contributed by atoms with Crippen molar-refractivity contribution in [3.05, 3.63) is 12.2 Å². The van der Waals surface area contributed by atoms with Gasteiger partial charge in [0.05, 0.1) is 11.7 Å². The highest BCUT2D eigenvalue weighted by Gasteiger charge is 2.51. The molecule has 0 spiro atoms. The van der Waals surface area contributed by atoms with Crippen molar-refractivity contribution < 1.29 is 10.2 Å². The predicted molar refractivity (Wildman–Crippen MR) is 83.5 cm³/mol. The lowest BCUT2D eigenvalue weighted by Gasteiger charge is -2.44. The lowest BCUT2D eigenvalue weighted by Crippen LogP contribution is -2.40. The van der Waals surface area contributed by atoms with Crippen LogP contribution in [0.5, 0.6) is 0 Å². The van der Waals surface area contributed by atoms with Crippen LogP contribution < -0.4 is 0 Å². The van der Waals surface area contributed by atoms with Crippen LogP contribution >= 0.6 is 0 Å². The van der Waals surface area contributed by atoms with Crippen LogP contribution in [-0.2, 0) is 0 Å².